The van der Waals surface area contributed by atoms with E-state index in [9.17, 15) is 9.50 Å². The summed E-state index contributed by atoms with van der Waals surface area (Å²) in [6, 6.07) is 6.24. The largest absolute Gasteiger partial charge is 0.376 e. The van der Waals surface area contributed by atoms with E-state index in [1.54, 1.807) is 26.0 Å². The Labute approximate surface area is 83.8 Å². The highest BCUT2D eigenvalue weighted by molar-refractivity contribution is 5.19. The quantitative estimate of drug-likeness (QED) is 0.728. The van der Waals surface area contributed by atoms with Crippen molar-refractivity contribution in [2.24, 2.45) is 0 Å². The van der Waals surface area contributed by atoms with E-state index >= 15 is 0 Å². The molecule has 0 aromatic heterocycles. The molecule has 0 aliphatic heterocycles. The van der Waals surface area contributed by atoms with Crippen molar-refractivity contribution in [2.75, 3.05) is 0 Å². The van der Waals surface area contributed by atoms with E-state index in [2.05, 4.69) is 5.32 Å². The van der Waals surface area contributed by atoms with Gasteiger partial charge in [-0.3, -0.25) is 5.32 Å². The summed E-state index contributed by atoms with van der Waals surface area (Å²) in [5.74, 6) is -0.246. The second kappa shape index (κ2) is 4.07. The summed E-state index contributed by atoms with van der Waals surface area (Å²) < 4.78 is 12.6. The third kappa shape index (κ3) is 3.44. The maximum Gasteiger partial charge on any atom is 0.123 e. The Morgan fingerprint density at radius 3 is 2.21 bits per heavy atom. The van der Waals surface area contributed by atoms with Gasteiger partial charge >= 0.3 is 0 Å². The molecule has 0 saturated heterocycles. The minimum Gasteiger partial charge on any atom is -0.376 e. The molecule has 1 aromatic carbocycles. The Bertz CT molecular complexity index is 289. The van der Waals surface area contributed by atoms with Crippen molar-refractivity contribution in [3.8, 4) is 0 Å². The first-order chi connectivity index (χ1) is 6.38. The van der Waals surface area contributed by atoms with Crippen molar-refractivity contribution in [1.29, 1.82) is 0 Å². The molecule has 0 heterocycles. The van der Waals surface area contributed by atoms with E-state index in [4.69, 9.17) is 0 Å². The Morgan fingerprint density at radius 2 is 1.79 bits per heavy atom. The van der Waals surface area contributed by atoms with Crippen LogP contribution in [0.5, 0.6) is 0 Å². The number of nitrogens with one attached hydrogen (secondary N) is 1. The van der Waals surface area contributed by atoms with Gasteiger partial charge in [0.05, 0.1) is 0 Å². The lowest BCUT2D eigenvalue weighted by atomic mass is 10.1. The lowest BCUT2D eigenvalue weighted by Crippen LogP contribution is -2.40. The first-order valence-electron chi connectivity index (χ1n) is 4.64. The first kappa shape index (κ1) is 11.1. The van der Waals surface area contributed by atoms with Gasteiger partial charge in [-0.2, -0.15) is 0 Å². The van der Waals surface area contributed by atoms with Gasteiger partial charge < -0.3 is 5.11 Å². The molecule has 0 amide bonds. The van der Waals surface area contributed by atoms with Crippen molar-refractivity contribution in [2.45, 2.75) is 32.5 Å². The fraction of sp³-hybridized carbons (Fsp3) is 0.455. The van der Waals surface area contributed by atoms with Crippen LogP contribution < -0.4 is 5.32 Å². The minimum absolute atomic E-state index is 0.00407. The van der Waals surface area contributed by atoms with Gasteiger partial charge in [-0.25, -0.2) is 4.39 Å². The molecule has 1 atom stereocenters. The van der Waals surface area contributed by atoms with Gasteiger partial charge in [0.25, 0.3) is 0 Å². The smallest absolute Gasteiger partial charge is 0.123 e. The van der Waals surface area contributed by atoms with Crippen molar-refractivity contribution in [3.05, 3.63) is 35.6 Å². The zero-order chi connectivity index (χ0) is 10.8. The predicted octanol–water partition coefficient (Wildman–Crippen LogP) is 2.20. The molecular formula is C11H16FNO. The number of hydrogen-bond acceptors (Lipinski definition) is 2. The standard InChI is InChI=1S/C11H16FNO/c1-8(13-11(2,3)14)9-4-6-10(12)7-5-9/h4-8,13-14H,1-3H3/t8-/m0/s1. The van der Waals surface area contributed by atoms with Crippen LogP contribution in [0.4, 0.5) is 4.39 Å². The summed E-state index contributed by atoms with van der Waals surface area (Å²) in [4.78, 5) is 0. The highest BCUT2D eigenvalue weighted by Gasteiger charge is 2.16. The van der Waals surface area contributed by atoms with Gasteiger partial charge in [0.15, 0.2) is 0 Å². The van der Waals surface area contributed by atoms with Crippen LogP contribution in [0, 0.1) is 5.82 Å². The molecule has 2 nitrogen and oxygen atoms in total. The van der Waals surface area contributed by atoms with E-state index in [0.29, 0.717) is 0 Å². The fourth-order valence-corrected chi connectivity index (χ4v) is 1.36. The molecule has 0 saturated carbocycles. The summed E-state index contributed by atoms with van der Waals surface area (Å²) in [6.07, 6.45) is 0. The van der Waals surface area contributed by atoms with Crippen LogP contribution in [-0.4, -0.2) is 10.8 Å². The SMILES string of the molecule is C[C@H](NC(C)(C)O)c1ccc(F)cc1. The maximum absolute atomic E-state index is 12.6. The van der Waals surface area contributed by atoms with Gasteiger partial charge in [-0.05, 0) is 38.5 Å². The van der Waals surface area contributed by atoms with Gasteiger partial charge in [0.1, 0.15) is 11.5 Å². The number of benzene rings is 1. The second-order valence-electron chi connectivity index (χ2n) is 3.98. The van der Waals surface area contributed by atoms with E-state index in [1.165, 1.54) is 12.1 Å². The molecule has 3 heteroatoms. The van der Waals surface area contributed by atoms with Gasteiger partial charge in [-0.1, -0.05) is 12.1 Å². The third-order valence-electron chi connectivity index (χ3n) is 1.94. The normalized spacial score (nSPS) is 14.1. The van der Waals surface area contributed by atoms with Crippen LogP contribution in [0.1, 0.15) is 32.4 Å². The summed E-state index contributed by atoms with van der Waals surface area (Å²) in [5.41, 5.74) is 0.0295. The Kier molecular flexibility index (Phi) is 3.24. The third-order valence-corrected chi connectivity index (χ3v) is 1.94. The molecule has 0 unspecified atom stereocenters. The molecule has 78 valence electrons. The summed E-state index contributed by atoms with van der Waals surface area (Å²) in [5, 5.41) is 12.5. The maximum atomic E-state index is 12.6. The van der Waals surface area contributed by atoms with Crippen molar-refractivity contribution >= 4 is 0 Å². The van der Waals surface area contributed by atoms with Crippen LogP contribution >= 0.6 is 0 Å². The number of halogens is 1. The highest BCUT2D eigenvalue weighted by atomic mass is 19.1. The van der Waals surface area contributed by atoms with Crippen LogP contribution in [0.3, 0.4) is 0 Å². The second-order valence-corrected chi connectivity index (χ2v) is 3.98. The van der Waals surface area contributed by atoms with Gasteiger partial charge in [0, 0.05) is 6.04 Å². The van der Waals surface area contributed by atoms with Crippen molar-refractivity contribution < 1.29 is 9.50 Å². The highest BCUT2D eigenvalue weighted by Crippen LogP contribution is 2.15. The van der Waals surface area contributed by atoms with Crippen LogP contribution in [0.15, 0.2) is 24.3 Å². The Balaban J connectivity index is 2.70. The van der Waals surface area contributed by atoms with Crippen molar-refractivity contribution in [1.82, 2.24) is 5.32 Å². The molecule has 1 aromatic rings. The van der Waals surface area contributed by atoms with Crippen LogP contribution in [0.2, 0.25) is 0 Å². The Morgan fingerprint density at radius 1 is 1.29 bits per heavy atom. The molecule has 0 bridgehead atoms. The van der Waals surface area contributed by atoms with E-state index in [0.717, 1.165) is 5.56 Å². The number of aliphatic hydroxyl groups is 1. The van der Waals surface area contributed by atoms with Gasteiger partial charge in [0.2, 0.25) is 0 Å². The van der Waals surface area contributed by atoms with Crippen molar-refractivity contribution in [3.63, 3.8) is 0 Å². The molecule has 0 aliphatic rings. The van der Waals surface area contributed by atoms with E-state index in [1.807, 2.05) is 6.92 Å². The average Bonchev–Trinajstić information content (AvgIpc) is 2.02. The zero-order valence-electron chi connectivity index (χ0n) is 8.71. The molecule has 1 rings (SSSR count). The Hall–Kier alpha value is -0.930. The molecule has 0 fully saturated rings. The number of hydrogen-bond donors (Lipinski definition) is 2. The minimum atomic E-state index is -0.923. The summed E-state index contributed by atoms with van der Waals surface area (Å²) >= 11 is 0. The molecule has 14 heavy (non-hydrogen) atoms. The van der Waals surface area contributed by atoms with Gasteiger partial charge in [-0.15, -0.1) is 0 Å². The van der Waals surface area contributed by atoms with E-state index < -0.39 is 5.72 Å². The number of rotatable bonds is 3. The molecule has 0 radical (unpaired) electrons. The topological polar surface area (TPSA) is 32.3 Å². The lowest BCUT2D eigenvalue weighted by Gasteiger charge is -2.25. The zero-order valence-corrected chi connectivity index (χ0v) is 8.71. The fourth-order valence-electron chi connectivity index (χ4n) is 1.36. The van der Waals surface area contributed by atoms with E-state index in [-0.39, 0.29) is 11.9 Å². The van der Waals surface area contributed by atoms with Crippen LogP contribution in [-0.2, 0) is 0 Å². The molecule has 0 aliphatic carbocycles. The first-order valence-corrected chi connectivity index (χ1v) is 4.64. The van der Waals surface area contributed by atoms with Crippen LogP contribution in [0.25, 0.3) is 0 Å². The molecule has 2 N–H and O–H groups in total. The lowest BCUT2D eigenvalue weighted by molar-refractivity contribution is 0.0329. The summed E-state index contributed by atoms with van der Waals surface area (Å²) in [7, 11) is 0. The molecule has 0 spiro atoms. The monoisotopic (exact) mass is 197 g/mol. The summed E-state index contributed by atoms with van der Waals surface area (Å²) in [6.45, 7) is 5.27. The average molecular weight is 197 g/mol. The predicted molar refractivity (Wildman–Crippen MR) is 54.2 cm³/mol. The molecular weight excluding hydrogens is 181 g/mol.